The zero-order chi connectivity index (χ0) is 47.6. The van der Waals surface area contributed by atoms with Gasteiger partial charge in [0.15, 0.2) is 12.4 Å². The third-order valence-electron chi connectivity index (χ3n) is 7.34. The number of benzene rings is 3. The molecule has 0 aliphatic heterocycles. The van der Waals surface area contributed by atoms with E-state index in [2.05, 4.69) is 20.7 Å². The van der Waals surface area contributed by atoms with Crippen molar-refractivity contribution in [3.05, 3.63) is 113 Å². The van der Waals surface area contributed by atoms with Gasteiger partial charge >= 0.3 is 42.1 Å². The maximum absolute atomic E-state index is 12.6. The molecule has 19 heteroatoms. The number of ketones is 1. The second-order valence-electron chi connectivity index (χ2n) is 14.0. The van der Waals surface area contributed by atoms with Gasteiger partial charge in [0, 0.05) is 26.4 Å². The van der Waals surface area contributed by atoms with Crippen LogP contribution in [0.3, 0.4) is 0 Å². The van der Waals surface area contributed by atoms with E-state index in [1.54, 1.807) is 26.8 Å². The Hall–Kier alpha value is -7.71. The molecule has 0 aromatic heterocycles. The Balaban J connectivity index is 0.00000124. The van der Waals surface area contributed by atoms with Gasteiger partial charge in [-0.3, -0.25) is 28.8 Å². The smallest absolute Gasteiger partial charge is 0.408 e. The predicted octanol–water partition coefficient (Wildman–Crippen LogP) is 4.19. The lowest BCUT2D eigenvalue weighted by Crippen LogP contribution is -2.46. The minimum absolute atomic E-state index is 0.178. The number of nitrogens with one attached hydrogen (secondary N) is 3. The Morgan fingerprint density at radius 1 is 0.778 bits per heavy atom. The van der Waals surface area contributed by atoms with Crippen molar-refractivity contribution in [2.24, 2.45) is 5.92 Å². The van der Waals surface area contributed by atoms with Crippen molar-refractivity contribution in [2.75, 3.05) is 13.2 Å². The fourth-order valence-corrected chi connectivity index (χ4v) is 4.35. The van der Waals surface area contributed by atoms with Gasteiger partial charge in [0.05, 0.1) is 24.8 Å². The highest BCUT2D eigenvalue weighted by molar-refractivity contribution is 6.23. The lowest BCUT2D eigenvalue weighted by Gasteiger charge is -2.22. The second-order valence-corrected chi connectivity index (χ2v) is 14.0. The average molecular weight is 875 g/mol. The molecule has 0 radical (unpaired) electrons. The first-order valence-electron chi connectivity index (χ1n) is 19.2. The summed E-state index contributed by atoms with van der Waals surface area (Å²) in [6.45, 7) is 7.27. The molecule has 338 valence electrons. The SMILES string of the molecule is CC#N.CC(C)(C)OC(=O)NC(CC(=O)OCC(=O)CCc1ccccc1)C(=O)OCC(=O)NCc1ccccc1.CC(CC(=O)O)C(=O)O.[N-]=[N+]=CC(=O)NCc1ccccc1. The highest BCUT2D eigenvalue weighted by atomic mass is 16.6. The fourth-order valence-electron chi connectivity index (χ4n) is 4.35. The standard InChI is InChI=1S/C28H34N2O8.C9H9N3O.C5H8O4.C2H3N/c1-28(2,3)38-27(35)30-23(26(34)37-19-24(32)29-17-21-12-8-5-9-13-21)16-25(33)36-18-22(31)15-14-20-10-6-4-7-11-20;10-12-7-9(13)11-6-8-4-2-1-3-5-8;1-3(5(8)9)2-4(6)7;1-2-3/h4-13,23H,14-19H2,1-3H3,(H,29,32)(H,30,35);1-5,7H,6H2,(H,11,13);3H,2H2,1H3,(H,6,7)(H,8,9);1H3. The lowest BCUT2D eigenvalue weighted by molar-refractivity contribution is -0.155. The average Bonchev–Trinajstić information content (AvgIpc) is 3.23. The lowest BCUT2D eigenvalue weighted by atomic mass is 10.1. The topological polar surface area (TPSA) is 301 Å². The Labute approximate surface area is 365 Å². The minimum Gasteiger partial charge on any atom is -0.481 e. The Morgan fingerprint density at radius 2 is 1.27 bits per heavy atom. The quantitative estimate of drug-likeness (QED) is 0.0371. The molecule has 5 N–H and O–H groups in total. The first kappa shape index (κ1) is 55.3. The number of carboxylic acids is 2. The second kappa shape index (κ2) is 32.1. The third-order valence-corrected chi connectivity index (χ3v) is 7.34. The first-order chi connectivity index (χ1) is 29.8. The molecule has 3 aromatic rings. The highest BCUT2D eigenvalue weighted by Crippen LogP contribution is 2.09. The van der Waals surface area contributed by atoms with Crippen molar-refractivity contribution in [1.29, 1.82) is 5.26 Å². The Bertz CT molecular complexity index is 2000. The predicted molar refractivity (Wildman–Crippen MR) is 226 cm³/mol. The number of hydrogen-bond donors (Lipinski definition) is 5. The van der Waals surface area contributed by atoms with E-state index in [4.69, 9.17) is 35.2 Å². The summed E-state index contributed by atoms with van der Waals surface area (Å²) in [5.74, 6) is -6.14. The number of aryl methyl sites for hydroxylation is 1. The first-order valence-corrected chi connectivity index (χ1v) is 19.2. The summed E-state index contributed by atoms with van der Waals surface area (Å²) in [7, 11) is 0. The number of alkyl carbamates (subject to hydrolysis) is 1. The Morgan fingerprint density at radius 3 is 1.71 bits per heavy atom. The largest absolute Gasteiger partial charge is 0.481 e. The maximum Gasteiger partial charge on any atom is 0.408 e. The number of esters is 2. The number of nitrogens with zero attached hydrogens (tertiary/aromatic N) is 3. The van der Waals surface area contributed by atoms with Gasteiger partial charge in [-0.05, 0) is 43.9 Å². The summed E-state index contributed by atoms with van der Waals surface area (Å²) >= 11 is 0. The van der Waals surface area contributed by atoms with Gasteiger partial charge in [0.2, 0.25) is 0 Å². The number of carboxylic acid groups (broad SMARTS) is 2. The molecule has 19 nitrogen and oxygen atoms in total. The molecule has 63 heavy (non-hydrogen) atoms. The zero-order valence-electron chi connectivity index (χ0n) is 35.8. The van der Waals surface area contributed by atoms with E-state index in [0.717, 1.165) is 22.9 Å². The van der Waals surface area contributed by atoms with Gasteiger partial charge in [-0.25, -0.2) is 9.59 Å². The number of hydrogen-bond acceptors (Lipinski definition) is 12. The number of aliphatic carboxylic acids is 2. The Kier molecular flexibility index (Phi) is 28.2. The molecule has 0 fully saturated rings. The number of nitriles is 1. The van der Waals surface area contributed by atoms with Crippen molar-refractivity contribution >= 4 is 53.8 Å². The van der Waals surface area contributed by atoms with Crippen LogP contribution in [-0.4, -0.2) is 93.6 Å². The third kappa shape index (κ3) is 30.9. The number of ether oxygens (including phenoxy) is 3. The molecule has 2 atom stereocenters. The van der Waals surface area contributed by atoms with Gasteiger partial charge in [-0.1, -0.05) is 97.9 Å². The number of amides is 3. The van der Waals surface area contributed by atoms with E-state index in [-0.39, 0.29) is 25.2 Å². The van der Waals surface area contributed by atoms with Crippen LogP contribution in [0, 0.1) is 17.2 Å². The molecule has 2 unspecified atom stereocenters. The summed E-state index contributed by atoms with van der Waals surface area (Å²) in [6, 6.07) is 28.3. The van der Waals surface area contributed by atoms with E-state index in [1.807, 2.05) is 91.0 Å². The molecule has 3 aromatic carbocycles. The number of carbonyl (C=O) groups is 8. The normalized spacial score (nSPS) is 10.7. The minimum atomic E-state index is -1.49. The van der Waals surface area contributed by atoms with Crippen LogP contribution >= 0.6 is 0 Å². The summed E-state index contributed by atoms with van der Waals surface area (Å²) in [5.41, 5.74) is 10.0. The molecule has 3 amide bonds. The molecule has 0 aliphatic carbocycles. The molecule has 0 saturated heterocycles. The van der Waals surface area contributed by atoms with Crippen LogP contribution in [-0.2, 0) is 67.3 Å². The van der Waals surface area contributed by atoms with Gasteiger partial charge in [-0.2, -0.15) is 10.1 Å². The van der Waals surface area contributed by atoms with Gasteiger partial charge in [0.25, 0.3) is 5.91 Å². The van der Waals surface area contributed by atoms with E-state index >= 15 is 0 Å². The van der Waals surface area contributed by atoms with E-state index < -0.39 is 79.0 Å². The summed E-state index contributed by atoms with van der Waals surface area (Å²) in [5, 5.41) is 31.0. The summed E-state index contributed by atoms with van der Waals surface area (Å²) < 4.78 is 15.1. The number of carbonyl (C=O) groups excluding carboxylic acids is 6. The van der Waals surface area contributed by atoms with Crippen molar-refractivity contribution in [1.82, 2.24) is 16.0 Å². The van der Waals surface area contributed by atoms with Crippen LogP contribution in [0.15, 0.2) is 91.0 Å². The van der Waals surface area contributed by atoms with Gasteiger partial charge < -0.3 is 45.9 Å². The van der Waals surface area contributed by atoms with E-state index in [0.29, 0.717) is 13.0 Å². The molecular formula is C44H54N6O13. The molecule has 0 bridgehead atoms. The molecule has 0 spiro atoms. The molecule has 0 heterocycles. The van der Waals surface area contributed by atoms with Crippen LogP contribution < -0.4 is 16.0 Å². The van der Waals surface area contributed by atoms with Crippen LogP contribution in [0.5, 0.6) is 0 Å². The number of Topliss-reactive ketones (excluding diaryl/α,β-unsaturated/α-hetero) is 1. The maximum atomic E-state index is 12.6. The van der Waals surface area contributed by atoms with E-state index in [9.17, 15) is 38.4 Å². The molecule has 0 saturated carbocycles. The van der Waals surface area contributed by atoms with Crippen LogP contribution in [0.2, 0.25) is 0 Å². The van der Waals surface area contributed by atoms with Crippen LogP contribution in [0.25, 0.3) is 5.53 Å². The fraction of sp³-hybridized carbons (Fsp3) is 0.364. The number of rotatable bonds is 19. The summed E-state index contributed by atoms with van der Waals surface area (Å²) in [6.07, 6.45) is -0.386. The van der Waals surface area contributed by atoms with Gasteiger partial charge in [0.1, 0.15) is 18.2 Å². The van der Waals surface area contributed by atoms with E-state index in [1.165, 1.54) is 13.8 Å². The highest BCUT2D eigenvalue weighted by Gasteiger charge is 2.29. The zero-order valence-corrected chi connectivity index (χ0v) is 35.8. The van der Waals surface area contributed by atoms with Crippen molar-refractivity contribution in [3.8, 4) is 6.07 Å². The van der Waals surface area contributed by atoms with Crippen LogP contribution in [0.1, 0.15) is 70.6 Å². The summed E-state index contributed by atoms with van der Waals surface area (Å²) in [4.78, 5) is 94.6. The monoisotopic (exact) mass is 874 g/mol. The molecular weight excluding hydrogens is 821 g/mol. The molecule has 3 rings (SSSR count). The van der Waals surface area contributed by atoms with Crippen molar-refractivity contribution < 1.29 is 67.6 Å². The van der Waals surface area contributed by atoms with Crippen molar-refractivity contribution in [2.45, 2.75) is 85.0 Å². The van der Waals surface area contributed by atoms with Gasteiger partial charge in [-0.15, -0.1) is 0 Å². The van der Waals surface area contributed by atoms with Crippen LogP contribution in [0.4, 0.5) is 4.79 Å². The van der Waals surface area contributed by atoms with Crippen molar-refractivity contribution in [3.63, 3.8) is 0 Å². The molecule has 0 aliphatic rings.